The van der Waals surface area contributed by atoms with Crippen LogP contribution >= 0.6 is 0 Å². The molecule has 1 aliphatic rings. The number of carbonyl (C=O) groups excluding carboxylic acids is 2. The van der Waals surface area contributed by atoms with Gasteiger partial charge in [0.2, 0.25) is 5.76 Å². The minimum absolute atomic E-state index is 0.210. The van der Waals surface area contributed by atoms with E-state index in [-0.39, 0.29) is 24.4 Å². The summed E-state index contributed by atoms with van der Waals surface area (Å²) in [4.78, 5) is 25.6. The number of nitrogens with zero attached hydrogens (tertiary/aromatic N) is 2. The van der Waals surface area contributed by atoms with Crippen LogP contribution < -0.4 is 5.32 Å². The highest BCUT2D eigenvalue weighted by atomic mass is 16.6. The third-order valence-corrected chi connectivity index (χ3v) is 4.29. The third-order valence-electron chi connectivity index (χ3n) is 4.29. The first-order valence-corrected chi connectivity index (χ1v) is 8.37. The number of hydrogen-bond acceptors (Lipinski definition) is 5. The van der Waals surface area contributed by atoms with Crippen molar-refractivity contribution in [1.82, 2.24) is 15.4 Å². The molecule has 2 amide bonds. The summed E-state index contributed by atoms with van der Waals surface area (Å²) in [5.74, 6) is 0.286. The fourth-order valence-electron chi connectivity index (χ4n) is 2.79. The van der Waals surface area contributed by atoms with Crippen LogP contribution in [0.2, 0.25) is 0 Å². The lowest BCUT2D eigenvalue weighted by molar-refractivity contribution is 0.0793. The molecule has 0 radical (unpaired) electrons. The second kappa shape index (κ2) is 8.32. The number of rotatable bonds is 5. The highest BCUT2D eigenvalue weighted by Gasteiger charge is 2.24. The quantitative estimate of drug-likeness (QED) is 0.901. The summed E-state index contributed by atoms with van der Waals surface area (Å²) in [6, 6.07) is 11.1. The average molecular weight is 343 g/mol. The van der Waals surface area contributed by atoms with Gasteiger partial charge in [0.1, 0.15) is 6.61 Å². The Hall–Kier alpha value is -2.83. The molecule has 1 N–H and O–H groups in total. The third kappa shape index (κ3) is 4.82. The normalized spacial score (nSPS) is 15.0. The average Bonchev–Trinajstić information content (AvgIpc) is 3.20. The second-order valence-corrected chi connectivity index (χ2v) is 6.06. The summed E-state index contributed by atoms with van der Waals surface area (Å²) in [6.07, 6.45) is 2.82. The predicted molar refractivity (Wildman–Crippen MR) is 89.8 cm³/mol. The zero-order chi connectivity index (χ0) is 17.5. The molecule has 0 aliphatic carbocycles. The van der Waals surface area contributed by atoms with E-state index in [1.165, 1.54) is 12.3 Å². The summed E-state index contributed by atoms with van der Waals surface area (Å²) in [6.45, 7) is 2.12. The van der Waals surface area contributed by atoms with E-state index in [4.69, 9.17) is 9.26 Å². The number of amides is 2. The number of nitrogens with one attached hydrogen (secondary N) is 1. The molecule has 132 valence electrons. The standard InChI is InChI=1S/C18H21N3O4/c22-17(16-6-9-20-25-16)19-12-14-7-10-21(11-8-14)18(23)24-13-15-4-2-1-3-5-15/h1-6,9,14H,7-8,10-13H2,(H,19,22). The van der Waals surface area contributed by atoms with Crippen LogP contribution in [0.25, 0.3) is 0 Å². The summed E-state index contributed by atoms with van der Waals surface area (Å²) < 4.78 is 10.2. The van der Waals surface area contributed by atoms with Gasteiger partial charge in [-0.3, -0.25) is 4.79 Å². The number of aromatic nitrogens is 1. The van der Waals surface area contributed by atoms with E-state index in [2.05, 4.69) is 10.5 Å². The maximum absolute atomic E-state index is 12.1. The van der Waals surface area contributed by atoms with Crippen LogP contribution in [0.3, 0.4) is 0 Å². The smallest absolute Gasteiger partial charge is 0.410 e. The SMILES string of the molecule is O=C(NCC1CCN(C(=O)OCc2ccccc2)CC1)c1ccno1. The van der Waals surface area contributed by atoms with Crippen molar-refractivity contribution >= 4 is 12.0 Å². The van der Waals surface area contributed by atoms with Crippen molar-refractivity contribution in [3.63, 3.8) is 0 Å². The maximum atomic E-state index is 12.1. The Labute approximate surface area is 145 Å². The Morgan fingerprint density at radius 2 is 1.96 bits per heavy atom. The van der Waals surface area contributed by atoms with E-state index < -0.39 is 0 Å². The number of hydrogen-bond donors (Lipinski definition) is 1. The molecule has 0 spiro atoms. The van der Waals surface area contributed by atoms with Crippen LogP contribution in [0.4, 0.5) is 4.79 Å². The highest BCUT2D eigenvalue weighted by molar-refractivity contribution is 5.91. The van der Waals surface area contributed by atoms with Crippen molar-refractivity contribution in [2.45, 2.75) is 19.4 Å². The van der Waals surface area contributed by atoms with E-state index in [0.717, 1.165) is 18.4 Å². The van der Waals surface area contributed by atoms with Gasteiger partial charge >= 0.3 is 6.09 Å². The predicted octanol–water partition coefficient (Wildman–Crippen LogP) is 2.45. The van der Waals surface area contributed by atoms with E-state index in [0.29, 0.717) is 25.6 Å². The van der Waals surface area contributed by atoms with Gasteiger partial charge in [-0.15, -0.1) is 0 Å². The zero-order valence-electron chi connectivity index (χ0n) is 13.9. The first kappa shape index (κ1) is 17.0. The monoisotopic (exact) mass is 343 g/mol. The number of piperidine rings is 1. The summed E-state index contributed by atoms with van der Waals surface area (Å²) >= 11 is 0. The van der Waals surface area contributed by atoms with E-state index in [1.54, 1.807) is 4.90 Å². The second-order valence-electron chi connectivity index (χ2n) is 6.06. The molecule has 25 heavy (non-hydrogen) atoms. The van der Waals surface area contributed by atoms with Crippen LogP contribution in [0.5, 0.6) is 0 Å². The van der Waals surface area contributed by atoms with Gasteiger partial charge in [-0.25, -0.2) is 4.79 Å². The van der Waals surface area contributed by atoms with E-state index in [1.807, 2.05) is 30.3 Å². The molecule has 0 atom stereocenters. The molecule has 0 bridgehead atoms. The lowest BCUT2D eigenvalue weighted by atomic mass is 9.97. The molecule has 1 fully saturated rings. The van der Waals surface area contributed by atoms with Crippen molar-refractivity contribution < 1.29 is 18.8 Å². The Kier molecular flexibility index (Phi) is 5.66. The first-order chi connectivity index (χ1) is 12.2. The lowest BCUT2D eigenvalue weighted by Crippen LogP contribution is -2.41. The summed E-state index contributed by atoms with van der Waals surface area (Å²) in [5.41, 5.74) is 0.973. The Bertz CT molecular complexity index is 680. The molecule has 7 nitrogen and oxygen atoms in total. The van der Waals surface area contributed by atoms with Gasteiger partial charge in [-0.05, 0) is 24.3 Å². The van der Waals surface area contributed by atoms with Gasteiger partial charge in [0.25, 0.3) is 5.91 Å². The topological polar surface area (TPSA) is 84.7 Å². The molecule has 1 aromatic heterocycles. The van der Waals surface area contributed by atoms with Crippen LogP contribution in [0.1, 0.15) is 29.0 Å². The van der Waals surface area contributed by atoms with Crippen molar-refractivity contribution in [3.05, 3.63) is 53.9 Å². The Morgan fingerprint density at radius 3 is 2.64 bits per heavy atom. The largest absolute Gasteiger partial charge is 0.445 e. The van der Waals surface area contributed by atoms with E-state index in [9.17, 15) is 9.59 Å². The molecular weight excluding hydrogens is 322 g/mol. The maximum Gasteiger partial charge on any atom is 0.410 e. The summed E-state index contributed by atoms with van der Waals surface area (Å²) in [5, 5.41) is 6.35. The van der Waals surface area contributed by atoms with Crippen molar-refractivity contribution in [3.8, 4) is 0 Å². The molecule has 1 aliphatic heterocycles. The number of benzene rings is 1. The van der Waals surface area contributed by atoms with Crippen molar-refractivity contribution in [2.24, 2.45) is 5.92 Å². The zero-order valence-corrected chi connectivity index (χ0v) is 13.9. The molecular formula is C18H21N3O4. The van der Waals surface area contributed by atoms with Gasteiger partial charge in [0.15, 0.2) is 0 Å². The molecule has 1 saturated heterocycles. The molecule has 3 rings (SSSR count). The minimum atomic E-state index is -0.284. The molecule has 2 aromatic rings. The van der Waals surface area contributed by atoms with Gasteiger partial charge in [-0.1, -0.05) is 35.5 Å². The Balaban J connectivity index is 1.36. The fraction of sp³-hybridized carbons (Fsp3) is 0.389. The number of ether oxygens (including phenoxy) is 1. The van der Waals surface area contributed by atoms with Crippen LogP contribution in [0.15, 0.2) is 47.1 Å². The Morgan fingerprint density at radius 1 is 1.20 bits per heavy atom. The highest BCUT2D eigenvalue weighted by Crippen LogP contribution is 2.17. The molecule has 0 saturated carbocycles. The van der Waals surface area contributed by atoms with E-state index >= 15 is 0 Å². The van der Waals surface area contributed by atoms with Gasteiger partial charge in [0, 0.05) is 25.7 Å². The molecule has 1 aromatic carbocycles. The molecule has 7 heteroatoms. The molecule has 0 unspecified atom stereocenters. The van der Waals surface area contributed by atoms with Crippen molar-refractivity contribution in [2.75, 3.05) is 19.6 Å². The minimum Gasteiger partial charge on any atom is -0.445 e. The fourth-order valence-corrected chi connectivity index (χ4v) is 2.79. The van der Waals surface area contributed by atoms with Gasteiger partial charge in [-0.2, -0.15) is 0 Å². The number of carbonyl (C=O) groups is 2. The van der Waals surface area contributed by atoms with Gasteiger partial charge in [0.05, 0.1) is 6.20 Å². The first-order valence-electron chi connectivity index (χ1n) is 8.37. The molecule has 2 heterocycles. The van der Waals surface area contributed by atoms with Crippen LogP contribution in [-0.2, 0) is 11.3 Å². The lowest BCUT2D eigenvalue weighted by Gasteiger charge is -2.31. The van der Waals surface area contributed by atoms with Crippen LogP contribution in [-0.4, -0.2) is 41.7 Å². The van der Waals surface area contributed by atoms with Crippen LogP contribution in [0, 0.1) is 5.92 Å². The summed E-state index contributed by atoms with van der Waals surface area (Å²) in [7, 11) is 0. The van der Waals surface area contributed by atoms with Crippen molar-refractivity contribution in [1.29, 1.82) is 0 Å². The van der Waals surface area contributed by atoms with Gasteiger partial charge < -0.3 is 19.5 Å². The number of likely N-dealkylation sites (tertiary alicyclic amines) is 1.